The molecule has 0 aromatic carbocycles. The fourth-order valence-corrected chi connectivity index (χ4v) is 1.72. The third kappa shape index (κ3) is 2.41. The van der Waals surface area contributed by atoms with Crippen LogP contribution in [0.2, 0.25) is 0 Å². The summed E-state index contributed by atoms with van der Waals surface area (Å²) in [6.45, 7) is 0.725. The fraction of sp³-hybridized carbons (Fsp3) is 0.625. The molecule has 5 nitrogen and oxygen atoms in total. The number of carbonyl (C=O) groups is 1. The summed E-state index contributed by atoms with van der Waals surface area (Å²) in [5.41, 5.74) is 5.37. The normalized spacial score (nSPS) is 15.4. The van der Waals surface area contributed by atoms with Gasteiger partial charge in [0.05, 0.1) is 0 Å². The number of carbonyl (C=O) groups excluding carboxylic acids is 1. The molecule has 1 aromatic heterocycles. The van der Waals surface area contributed by atoms with Gasteiger partial charge >= 0.3 is 0 Å². The molecule has 1 aromatic rings. The smallest absolute Gasteiger partial charge is 0.282 e. The minimum absolute atomic E-state index is 0.167. The molecule has 0 aliphatic heterocycles. The van der Waals surface area contributed by atoms with Gasteiger partial charge in [-0.15, -0.1) is 10.2 Å². The van der Waals surface area contributed by atoms with Gasteiger partial charge in [0.25, 0.3) is 5.91 Å². The summed E-state index contributed by atoms with van der Waals surface area (Å²) in [4.78, 5) is 11.4. The highest BCUT2D eigenvalue weighted by molar-refractivity contribution is 7.16. The molecule has 2 rings (SSSR count). The number of nitrogens with zero attached hydrogens (tertiary/aromatic N) is 2. The van der Waals surface area contributed by atoms with Crippen LogP contribution in [-0.4, -0.2) is 22.6 Å². The van der Waals surface area contributed by atoms with Gasteiger partial charge in [0.1, 0.15) is 0 Å². The van der Waals surface area contributed by atoms with Crippen LogP contribution in [0.15, 0.2) is 0 Å². The van der Waals surface area contributed by atoms with Crippen LogP contribution in [0.5, 0.6) is 0 Å². The minimum Gasteiger partial charge on any atom is -0.374 e. The Labute approximate surface area is 85.7 Å². The van der Waals surface area contributed by atoms with E-state index in [1.54, 1.807) is 0 Å². The molecular weight excluding hydrogens is 200 g/mol. The van der Waals surface area contributed by atoms with Crippen LogP contribution in [0, 0.1) is 5.92 Å². The van der Waals surface area contributed by atoms with Gasteiger partial charge in [-0.05, 0) is 12.3 Å². The highest BCUT2D eigenvalue weighted by Crippen LogP contribution is 2.31. The Kier molecular flexibility index (Phi) is 2.62. The molecule has 0 unspecified atom stereocenters. The molecule has 3 N–H and O–H groups in total. The summed E-state index contributed by atoms with van der Waals surface area (Å²) in [7, 11) is 0. The standard InChI is InChI=1S/C8H12N4OS/c9-8-12-11-7(14-8)6(13)10-4-3-5-1-2-5/h5H,1-4H2,(H2,9,12)(H,10,13). The lowest BCUT2D eigenvalue weighted by Gasteiger charge is -2.00. The second kappa shape index (κ2) is 3.91. The molecule has 1 heterocycles. The quantitative estimate of drug-likeness (QED) is 0.767. The number of nitrogen functional groups attached to an aromatic ring is 1. The molecule has 14 heavy (non-hydrogen) atoms. The maximum Gasteiger partial charge on any atom is 0.282 e. The van der Waals surface area contributed by atoms with E-state index in [1.165, 1.54) is 12.8 Å². The van der Waals surface area contributed by atoms with Crippen LogP contribution in [0.3, 0.4) is 0 Å². The molecule has 1 aliphatic carbocycles. The highest BCUT2D eigenvalue weighted by Gasteiger charge is 2.21. The minimum atomic E-state index is -0.167. The van der Waals surface area contributed by atoms with Gasteiger partial charge < -0.3 is 11.1 Å². The Balaban J connectivity index is 1.76. The summed E-state index contributed by atoms with van der Waals surface area (Å²) in [6, 6.07) is 0. The van der Waals surface area contributed by atoms with Gasteiger partial charge in [0.2, 0.25) is 10.1 Å². The number of amides is 1. The molecule has 0 saturated heterocycles. The van der Waals surface area contributed by atoms with Crippen LogP contribution in [0.4, 0.5) is 5.13 Å². The van der Waals surface area contributed by atoms with Crippen molar-refractivity contribution in [3.8, 4) is 0 Å². The second-order valence-corrected chi connectivity index (χ2v) is 4.44. The number of aromatic nitrogens is 2. The van der Waals surface area contributed by atoms with Gasteiger partial charge in [-0.1, -0.05) is 24.2 Å². The number of nitrogens with one attached hydrogen (secondary N) is 1. The van der Waals surface area contributed by atoms with E-state index in [0.29, 0.717) is 10.1 Å². The number of rotatable bonds is 4. The predicted molar refractivity (Wildman–Crippen MR) is 54.0 cm³/mol. The Bertz CT molecular complexity index is 334. The van der Waals surface area contributed by atoms with E-state index in [0.717, 1.165) is 30.2 Å². The van der Waals surface area contributed by atoms with Crippen molar-refractivity contribution in [2.75, 3.05) is 12.3 Å². The van der Waals surface area contributed by atoms with Crippen LogP contribution in [0.25, 0.3) is 0 Å². The molecule has 0 spiro atoms. The summed E-state index contributed by atoms with van der Waals surface area (Å²) in [5, 5.41) is 10.7. The zero-order chi connectivity index (χ0) is 9.97. The van der Waals surface area contributed by atoms with Crippen molar-refractivity contribution in [3.63, 3.8) is 0 Å². The first-order valence-corrected chi connectivity index (χ1v) is 5.44. The number of hydrogen-bond acceptors (Lipinski definition) is 5. The molecule has 1 saturated carbocycles. The lowest BCUT2D eigenvalue weighted by molar-refractivity contribution is 0.0951. The molecule has 76 valence electrons. The summed E-state index contributed by atoms with van der Waals surface area (Å²) in [6.07, 6.45) is 3.68. The number of nitrogens with two attached hydrogens (primary N) is 1. The van der Waals surface area contributed by atoms with Crippen molar-refractivity contribution in [1.29, 1.82) is 0 Å². The summed E-state index contributed by atoms with van der Waals surface area (Å²) in [5.74, 6) is 0.662. The van der Waals surface area contributed by atoms with Crippen molar-refractivity contribution < 1.29 is 4.79 Å². The zero-order valence-corrected chi connectivity index (χ0v) is 8.51. The fourth-order valence-electron chi connectivity index (χ4n) is 1.20. The highest BCUT2D eigenvalue weighted by atomic mass is 32.1. The topological polar surface area (TPSA) is 80.9 Å². The predicted octanol–water partition coefficient (Wildman–Crippen LogP) is 0.650. The van der Waals surface area contributed by atoms with E-state index in [9.17, 15) is 4.79 Å². The SMILES string of the molecule is Nc1nnc(C(=O)NCCC2CC2)s1. The monoisotopic (exact) mass is 212 g/mol. The molecular formula is C8H12N4OS. The van der Waals surface area contributed by atoms with Crippen LogP contribution in [0.1, 0.15) is 29.1 Å². The van der Waals surface area contributed by atoms with E-state index in [1.807, 2.05) is 0 Å². The van der Waals surface area contributed by atoms with Crippen molar-refractivity contribution in [2.24, 2.45) is 5.92 Å². The molecule has 1 fully saturated rings. The van der Waals surface area contributed by atoms with E-state index < -0.39 is 0 Å². The molecule has 6 heteroatoms. The van der Waals surface area contributed by atoms with Crippen molar-refractivity contribution >= 4 is 22.4 Å². The lowest BCUT2D eigenvalue weighted by atomic mass is 10.3. The van der Waals surface area contributed by atoms with E-state index >= 15 is 0 Å². The first kappa shape index (κ1) is 9.39. The Morgan fingerprint density at radius 1 is 1.57 bits per heavy atom. The van der Waals surface area contributed by atoms with Gasteiger partial charge in [-0.2, -0.15) is 0 Å². The number of hydrogen-bond donors (Lipinski definition) is 2. The molecule has 1 aliphatic rings. The van der Waals surface area contributed by atoms with Gasteiger partial charge in [-0.3, -0.25) is 4.79 Å². The van der Waals surface area contributed by atoms with E-state index in [-0.39, 0.29) is 5.91 Å². The first-order chi connectivity index (χ1) is 6.75. The third-order valence-corrected chi connectivity index (χ3v) is 2.92. The summed E-state index contributed by atoms with van der Waals surface area (Å²) < 4.78 is 0. The van der Waals surface area contributed by atoms with Crippen molar-refractivity contribution in [2.45, 2.75) is 19.3 Å². The van der Waals surface area contributed by atoms with Gasteiger partial charge in [0, 0.05) is 6.54 Å². The maximum atomic E-state index is 11.4. The van der Waals surface area contributed by atoms with Gasteiger partial charge in [0.15, 0.2) is 0 Å². The second-order valence-electron chi connectivity index (χ2n) is 3.43. The first-order valence-electron chi connectivity index (χ1n) is 4.63. The van der Waals surface area contributed by atoms with Crippen LogP contribution >= 0.6 is 11.3 Å². The Morgan fingerprint density at radius 3 is 2.93 bits per heavy atom. The Hall–Kier alpha value is -1.17. The average molecular weight is 212 g/mol. The zero-order valence-electron chi connectivity index (χ0n) is 7.69. The number of anilines is 1. The molecule has 1 amide bonds. The summed E-state index contributed by atoms with van der Waals surface area (Å²) >= 11 is 1.11. The molecule has 0 atom stereocenters. The maximum absolute atomic E-state index is 11.4. The third-order valence-electron chi connectivity index (χ3n) is 2.17. The van der Waals surface area contributed by atoms with Crippen molar-refractivity contribution in [1.82, 2.24) is 15.5 Å². The molecule has 0 bridgehead atoms. The molecule has 0 radical (unpaired) electrons. The van der Waals surface area contributed by atoms with E-state index in [4.69, 9.17) is 5.73 Å². The van der Waals surface area contributed by atoms with Crippen LogP contribution < -0.4 is 11.1 Å². The van der Waals surface area contributed by atoms with Crippen molar-refractivity contribution in [3.05, 3.63) is 5.01 Å². The van der Waals surface area contributed by atoms with Crippen LogP contribution in [-0.2, 0) is 0 Å². The lowest BCUT2D eigenvalue weighted by Crippen LogP contribution is -2.24. The largest absolute Gasteiger partial charge is 0.374 e. The average Bonchev–Trinajstić information content (AvgIpc) is 2.87. The van der Waals surface area contributed by atoms with E-state index in [2.05, 4.69) is 15.5 Å². The van der Waals surface area contributed by atoms with Gasteiger partial charge in [-0.25, -0.2) is 0 Å². The Morgan fingerprint density at radius 2 is 2.36 bits per heavy atom.